The lowest BCUT2D eigenvalue weighted by atomic mass is 10.0. The van der Waals surface area contributed by atoms with Crippen LogP contribution in [0.15, 0.2) is 12.7 Å². The maximum absolute atomic E-state index is 3.75. The summed E-state index contributed by atoms with van der Waals surface area (Å²) >= 11 is 5.45. The summed E-state index contributed by atoms with van der Waals surface area (Å²) in [6.07, 6.45) is 8.00. The molecular weight excluding hydrogens is 220 g/mol. The van der Waals surface area contributed by atoms with E-state index >= 15 is 0 Å². The van der Waals surface area contributed by atoms with Crippen molar-refractivity contribution in [3.63, 3.8) is 0 Å². The molecule has 0 nitrogen and oxygen atoms in total. The second-order valence-electron chi connectivity index (χ2n) is 2.68. The molecule has 0 radical (unpaired) electrons. The minimum atomic E-state index is 0.805. The molecule has 0 fully saturated rings. The molecule has 0 N–H and O–H groups in total. The molecular formula is C9H17BrS. The standard InChI is InChI=1S/C9H17BrS/c1-3-5-9(8-10)6-4-7-11-2/h3,9H,1,4-8H2,2H3. The van der Waals surface area contributed by atoms with Crippen LogP contribution in [0.4, 0.5) is 0 Å². The highest BCUT2D eigenvalue weighted by molar-refractivity contribution is 9.09. The second-order valence-corrected chi connectivity index (χ2v) is 4.31. The summed E-state index contributed by atoms with van der Waals surface area (Å²) in [5, 5.41) is 1.12. The zero-order valence-electron chi connectivity index (χ0n) is 7.18. The first-order valence-corrected chi connectivity index (χ1v) is 6.52. The van der Waals surface area contributed by atoms with Gasteiger partial charge in [0.25, 0.3) is 0 Å². The number of allylic oxidation sites excluding steroid dienone is 1. The molecule has 0 saturated heterocycles. The van der Waals surface area contributed by atoms with E-state index in [4.69, 9.17) is 0 Å². The topological polar surface area (TPSA) is 0 Å². The number of halogens is 1. The molecule has 0 rings (SSSR count). The largest absolute Gasteiger partial charge is 0.165 e. The lowest BCUT2D eigenvalue weighted by molar-refractivity contribution is 0.547. The van der Waals surface area contributed by atoms with Gasteiger partial charge in [0.05, 0.1) is 0 Å². The van der Waals surface area contributed by atoms with Gasteiger partial charge in [-0.15, -0.1) is 6.58 Å². The van der Waals surface area contributed by atoms with Gasteiger partial charge in [-0.25, -0.2) is 0 Å². The van der Waals surface area contributed by atoms with E-state index in [0.717, 1.165) is 17.7 Å². The number of rotatable bonds is 7. The van der Waals surface area contributed by atoms with Crippen LogP contribution >= 0.6 is 27.7 Å². The number of hydrogen-bond donors (Lipinski definition) is 0. The summed E-state index contributed by atoms with van der Waals surface area (Å²) in [5.74, 6) is 2.10. The summed E-state index contributed by atoms with van der Waals surface area (Å²) in [5.41, 5.74) is 0. The van der Waals surface area contributed by atoms with Crippen molar-refractivity contribution in [3.05, 3.63) is 12.7 Å². The van der Waals surface area contributed by atoms with Gasteiger partial charge in [0.1, 0.15) is 0 Å². The number of alkyl halides is 1. The first kappa shape index (κ1) is 11.6. The van der Waals surface area contributed by atoms with Crippen LogP contribution in [-0.4, -0.2) is 17.3 Å². The lowest BCUT2D eigenvalue weighted by Gasteiger charge is -2.09. The van der Waals surface area contributed by atoms with Crippen molar-refractivity contribution in [2.24, 2.45) is 5.92 Å². The molecule has 0 aliphatic carbocycles. The first-order chi connectivity index (χ1) is 5.35. The monoisotopic (exact) mass is 236 g/mol. The van der Waals surface area contributed by atoms with Gasteiger partial charge in [-0.1, -0.05) is 22.0 Å². The summed E-state index contributed by atoms with van der Waals surface area (Å²) in [7, 11) is 0. The Hall–Kier alpha value is 0.570. The third kappa shape index (κ3) is 6.95. The Morgan fingerprint density at radius 2 is 2.36 bits per heavy atom. The fourth-order valence-electron chi connectivity index (χ4n) is 1.01. The van der Waals surface area contributed by atoms with E-state index in [0.29, 0.717) is 0 Å². The Morgan fingerprint density at radius 1 is 1.64 bits per heavy atom. The molecule has 11 heavy (non-hydrogen) atoms. The fourth-order valence-corrected chi connectivity index (χ4v) is 2.05. The predicted molar refractivity (Wildman–Crippen MR) is 59.7 cm³/mol. The van der Waals surface area contributed by atoms with E-state index in [1.54, 1.807) is 0 Å². The van der Waals surface area contributed by atoms with Crippen LogP contribution in [-0.2, 0) is 0 Å². The molecule has 0 spiro atoms. The normalized spacial score (nSPS) is 12.9. The molecule has 0 bridgehead atoms. The molecule has 66 valence electrons. The average molecular weight is 237 g/mol. The minimum absolute atomic E-state index is 0.805. The van der Waals surface area contributed by atoms with E-state index < -0.39 is 0 Å². The van der Waals surface area contributed by atoms with Gasteiger partial charge in [0.2, 0.25) is 0 Å². The highest BCUT2D eigenvalue weighted by Gasteiger charge is 2.03. The van der Waals surface area contributed by atoms with Crippen molar-refractivity contribution in [3.8, 4) is 0 Å². The molecule has 0 amide bonds. The van der Waals surface area contributed by atoms with E-state index in [-0.39, 0.29) is 0 Å². The van der Waals surface area contributed by atoms with Gasteiger partial charge < -0.3 is 0 Å². The van der Waals surface area contributed by atoms with E-state index in [2.05, 4.69) is 28.8 Å². The molecule has 0 aromatic carbocycles. The molecule has 0 aromatic rings. The minimum Gasteiger partial charge on any atom is -0.165 e. The maximum atomic E-state index is 3.75. The van der Waals surface area contributed by atoms with Crippen LogP contribution in [0, 0.1) is 5.92 Å². The Kier molecular flexibility index (Phi) is 9.11. The van der Waals surface area contributed by atoms with Crippen LogP contribution in [0.2, 0.25) is 0 Å². The molecule has 1 unspecified atom stereocenters. The fraction of sp³-hybridized carbons (Fsp3) is 0.778. The summed E-state index contributed by atoms with van der Waals surface area (Å²) in [6.45, 7) is 3.75. The Balaban J connectivity index is 3.27. The van der Waals surface area contributed by atoms with Crippen LogP contribution < -0.4 is 0 Å². The second kappa shape index (κ2) is 8.66. The van der Waals surface area contributed by atoms with Crippen molar-refractivity contribution >= 4 is 27.7 Å². The Labute approximate surface area is 83.0 Å². The molecule has 0 aromatic heterocycles. The van der Waals surface area contributed by atoms with Crippen LogP contribution in [0.3, 0.4) is 0 Å². The van der Waals surface area contributed by atoms with Crippen molar-refractivity contribution in [1.29, 1.82) is 0 Å². The molecule has 2 heteroatoms. The van der Waals surface area contributed by atoms with Gasteiger partial charge in [0, 0.05) is 5.33 Å². The van der Waals surface area contributed by atoms with Crippen molar-refractivity contribution in [1.82, 2.24) is 0 Å². The molecule has 0 saturated carbocycles. The highest BCUT2D eigenvalue weighted by atomic mass is 79.9. The van der Waals surface area contributed by atoms with Gasteiger partial charge in [0.15, 0.2) is 0 Å². The zero-order chi connectivity index (χ0) is 8.53. The molecule has 1 atom stereocenters. The first-order valence-electron chi connectivity index (χ1n) is 4.01. The third-order valence-electron chi connectivity index (χ3n) is 1.68. The average Bonchev–Trinajstić information content (AvgIpc) is 2.03. The predicted octanol–water partition coefficient (Wildman–Crippen LogP) is 3.72. The van der Waals surface area contributed by atoms with E-state index in [1.165, 1.54) is 18.6 Å². The number of thioether (sulfide) groups is 1. The highest BCUT2D eigenvalue weighted by Crippen LogP contribution is 2.15. The van der Waals surface area contributed by atoms with E-state index in [1.807, 2.05) is 17.8 Å². The molecule has 0 aliphatic heterocycles. The Morgan fingerprint density at radius 3 is 2.82 bits per heavy atom. The third-order valence-corrected chi connectivity index (χ3v) is 3.29. The summed E-state index contributed by atoms with van der Waals surface area (Å²) in [4.78, 5) is 0. The smallest absolute Gasteiger partial charge is 0.00626 e. The lowest BCUT2D eigenvalue weighted by Crippen LogP contribution is -2.00. The quantitative estimate of drug-likeness (QED) is 0.369. The summed E-state index contributed by atoms with van der Waals surface area (Å²) < 4.78 is 0. The van der Waals surface area contributed by atoms with Crippen LogP contribution in [0.5, 0.6) is 0 Å². The van der Waals surface area contributed by atoms with Gasteiger partial charge in [-0.2, -0.15) is 11.8 Å². The maximum Gasteiger partial charge on any atom is 0.00626 e. The molecule has 0 heterocycles. The van der Waals surface area contributed by atoms with Crippen molar-refractivity contribution in [2.45, 2.75) is 19.3 Å². The number of hydrogen-bond acceptors (Lipinski definition) is 1. The van der Waals surface area contributed by atoms with Crippen LogP contribution in [0.25, 0.3) is 0 Å². The van der Waals surface area contributed by atoms with Gasteiger partial charge in [-0.3, -0.25) is 0 Å². The SMILES string of the molecule is C=CCC(CBr)CCCSC. The Bertz CT molecular complexity index is 93.6. The zero-order valence-corrected chi connectivity index (χ0v) is 9.59. The van der Waals surface area contributed by atoms with Crippen molar-refractivity contribution in [2.75, 3.05) is 17.3 Å². The van der Waals surface area contributed by atoms with E-state index in [9.17, 15) is 0 Å². The van der Waals surface area contributed by atoms with Gasteiger partial charge >= 0.3 is 0 Å². The van der Waals surface area contributed by atoms with Crippen LogP contribution in [0.1, 0.15) is 19.3 Å². The van der Waals surface area contributed by atoms with Gasteiger partial charge in [-0.05, 0) is 37.2 Å². The summed E-state index contributed by atoms with van der Waals surface area (Å²) in [6, 6.07) is 0. The molecule has 0 aliphatic rings. The van der Waals surface area contributed by atoms with Crippen molar-refractivity contribution < 1.29 is 0 Å².